The monoisotopic (exact) mass is 383 g/mol. The molecular formula is C22H33NOSi2. The summed E-state index contributed by atoms with van der Waals surface area (Å²) in [5, 5.41) is 2.62. The Morgan fingerprint density at radius 1 is 0.846 bits per heavy atom. The molecule has 2 aromatic carbocycles. The van der Waals surface area contributed by atoms with Gasteiger partial charge in [0.15, 0.2) is 8.24 Å². The molecule has 0 unspecified atom stereocenters. The molecule has 2 aromatic rings. The van der Waals surface area contributed by atoms with Crippen molar-refractivity contribution in [3.05, 3.63) is 60.7 Å². The largest absolute Gasteiger partial charge is 0.400 e. The lowest BCUT2D eigenvalue weighted by molar-refractivity contribution is 0.273. The maximum absolute atomic E-state index is 6.98. The summed E-state index contributed by atoms with van der Waals surface area (Å²) in [6.45, 7) is 15.8. The molecule has 0 saturated carbocycles. The summed E-state index contributed by atoms with van der Waals surface area (Å²) in [4.78, 5) is 0. The fourth-order valence-corrected chi connectivity index (χ4v) is 8.62. The van der Waals surface area contributed by atoms with Crippen molar-refractivity contribution in [3.63, 3.8) is 0 Å². The molecule has 0 fully saturated rings. The Morgan fingerprint density at radius 2 is 1.27 bits per heavy atom. The Bertz CT molecular complexity index is 676. The standard InChI is InChI=1S/C22H33NOSi2/c1-19(18-23-25(5,6)7)24-26(22(2,3)4,20-14-10-8-11-15-20)21-16-12-9-13-17-21/h8-19H,1-7H3/b23-18+/t19-/m0/s1. The molecule has 0 bridgehead atoms. The first-order valence-electron chi connectivity index (χ1n) is 9.40. The average Bonchev–Trinajstić information content (AvgIpc) is 2.58. The highest BCUT2D eigenvalue weighted by Gasteiger charge is 2.50. The molecule has 2 nitrogen and oxygen atoms in total. The van der Waals surface area contributed by atoms with Crippen molar-refractivity contribution in [2.75, 3.05) is 0 Å². The Kier molecular flexibility index (Phi) is 6.43. The average molecular weight is 384 g/mol. The van der Waals surface area contributed by atoms with Crippen molar-refractivity contribution in [2.24, 2.45) is 4.66 Å². The summed E-state index contributed by atoms with van der Waals surface area (Å²) < 4.78 is 11.8. The predicted molar refractivity (Wildman–Crippen MR) is 120 cm³/mol. The van der Waals surface area contributed by atoms with Crippen LogP contribution in [0.3, 0.4) is 0 Å². The Hall–Kier alpha value is -1.50. The van der Waals surface area contributed by atoms with Crippen LogP contribution in [0.4, 0.5) is 0 Å². The minimum Gasteiger partial charge on any atom is -0.400 e. The molecule has 1 atom stereocenters. The van der Waals surface area contributed by atoms with E-state index in [-0.39, 0.29) is 11.1 Å². The van der Waals surface area contributed by atoms with E-state index in [1.807, 2.05) is 6.21 Å². The Balaban J connectivity index is 2.59. The third-order valence-electron chi connectivity index (χ3n) is 4.45. The summed E-state index contributed by atoms with van der Waals surface area (Å²) in [6.07, 6.45) is 2.01. The quantitative estimate of drug-likeness (QED) is 0.516. The van der Waals surface area contributed by atoms with Gasteiger partial charge in [-0.3, -0.25) is 0 Å². The van der Waals surface area contributed by atoms with Gasteiger partial charge in [0.1, 0.15) is 0 Å². The first kappa shape index (κ1) is 20.8. The van der Waals surface area contributed by atoms with Crippen LogP contribution in [-0.2, 0) is 4.43 Å². The van der Waals surface area contributed by atoms with Crippen LogP contribution in [0.1, 0.15) is 27.7 Å². The lowest BCUT2D eigenvalue weighted by Gasteiger charge is -2.44. The summed E-state index contributed by atoms with van der Waals surface area (Å²) >= 11 is 0. The summed E-state index contributed by atoms with van der Waals surface area (Å²) in [5.74, 6) is 0. The maximum atomic E-state index is 6.98. The van der Waals surface area contributed by atoms with Gasteiger partial charge in [-0.2, -0.15) is 0 Å². The normalized spacial score (nSPS) is 14.6. The number of hydrogen-bond donors (Lipinski definition) is 0. The van der Waals surface area contributed by atoms with E-state index in [1.165, 1.54) is 10.4 Å². The molecule has 0 aliphatic carbocycles. The van der Waals surface area contributed by atoms with Crippen LogP contribution in [0.5, 0.6) is 0 Å². The highest BCUT2D eigenvalue weighted by Crippen LogP contribution is 2.37. The minimum atomic E-state index is -2.48. The van der Waals surface area contributed by atoms with Crippen molar-refractivity contribution in [3.8, 4) is 0 Å². The van der Waals surface area contributed by atoms with Gasteiger partial charge >= 0.3 is 0 Å². The summed E-state index contributed by atoms with van der Waals surface area (Å²) in [7, 11) is -3.98. The van der Waals surface area contributed by atoms with Crippen LogP contribution in [-0.4, -0.2) is 28.9 Å². The van der Waals surface area contributed by atoms with Crippen LogP contribution < -0.4 is 10.4 Å². The molecule has 0 heterocycles. The molecule has 0 amide bonds. The zero-order valence-electron chi connectivity index (χ0n) is 17.3. The molecule has 0 saturated heterocycles. The molecule has 4 heteroatoms. The Labute approximate surface area is 161 Å². The number of nitrogens with zero attached hydrogens (tertiary/aromatic N) is 1. The van der Waals surface area contributed by atoms with E-state index in [4.69, 9.17) is 9.08 Å². The van der Waals surface area contributed by atoms with Crippen molar-refractivity contribution in [2.45, 2.75) is 58.5 Å². The third-order valence-corrected chi connectivity index (χ3v) is 10.5. The van der Waals surface area contributed by atoms with Crippen molar-refractivity contribution in [1.29, 1.82) is 0 Å². The van der Waals surface area contributed by atoms with Crippen molar-refractivity contribution >= 4 is 33.1 Å². The Morgan fingerprint density at radius 3 is 1.62 bits per heavy atom. The first-order valence-corrected chi connectivity index (χ1v) is 14.8. The van der Waals surface area contributed by atoms with Gasteiger partial charge in [0.25, 0.3) is 8.32 Å². The molecule has 0 spiro atoms. The summed E-state index contributed by atoms with van der Waals surface area (Å²) in [6, 6.07) is 21.6. The lowest BCUT2D eigenvalue weighted by Crippen LogP contribution is -2.67. The highest BCUT2D eigenvalue weighted by atomic mass is 28.4. The van der Waals surface area contributed by atoms with Crippen LogP contribution in [0.25, 0.3) is 0 Å². The van der Waals surface area contributed by atoms with Gasteiger partial charge in [-0.1, -0.05) is 81.4 Å². The first-order chi connectivity index (χ1) is 12.1. The number of rotatable bonds is 6. The van der Waals surface area contributed by atoms with Gasteiger partial charge in [0.2, 0.25) is 0 Å². The molecule has 2 rings (SSSR count). The molecule has 0 radical (unpaired) electrons. The van der Waals surface area contributed by atoms with Gasteiger partial charge in [0.05, 0.1) is 6.10 Å². The SMILES string of the molecule is C[C@@H](/C=N/[Si](C)(C)C)O[Si](c1ccccc1)(c1ccccc1)C(C)(C)C. The van der Waals surface area contributed by atoms with E-state index in [0.29, 0.717) is 0 Å². The second-order valence-corrected chi connectivity index (χ2v) is 17.8. The predicted octanol–water partition coefficient (Wildman–Crippen LogP) is 4.86. The van der Waals surface area contributed by atoms with E-state index in [0.717, 1.165) is 0 Å². The molecular weight excluding hydrogens is 350 g/mol. The van der Waals surface area contributed by atoms with Gasteiger partial charge in [-0.15, -0.1) is 0 Å². The van der Waals surface area contributed by atoms with Crippen LogP contribution in [0.2, 0.25) is 24.7 Å². The van der Waals surface area contributed by atoms with E-state index in [1.54, 1.807) is 0 Å². The van der Waals surface area contributed by atoms with E-state index in [9.17, 15) is 0 Å². The molecule has 140 valence electrons. The topological polar surface area (TPSA) is 21.6 Å². The second-order valence-electron chi connectivity index (χ2n) is 8.94. The van der Waals surface area contributed by atoms with Gasteiger partial charge < -0.3 is 9.08 Å². The molecule has 26 heavy (non-hydrogen) atoms. The molecule has 0 N–H and O–H groups in total. The number of benzene rings is 2. The van der Waals surface area contributed by atoms with Crippen molar-refractivity contribution < 1.29 is 4.43 Å². The maximum Gasteiger partial charge on any atom is 0.261 e. The zero-order valence-corrected chi connectivity index (χ0v) is 19.3. The van der Waals surface area contributed by atoms with E-state index >= 15 is 0 Å². The smallest absolute Gasteiger partial charge is 0.261 e. The van der Waals surface area contributed by atoms with Gasteiger partial charge in [-0.05, 0) is 42.0 Å². The fourth-order valence-electron chi connectivity index (χ4n) is 3.33. The summed E-state index contributed by atoms with van der Waals surface area (Å²) in [5.41, 5.74) is 0. The molecule has 0 aromatic heterocycles. The second kappa shape index (κ2) is 8.03. The minimum absolute atomic E-state index is 0.00301. The van der Waals surface area contributed by atoms with Gasteiger partial charge in [0, 0.05) is 6.21 Å². The number of hydrogen-bond acceptors (Lipinski definition) is 2. The van der Waals surface area contributed by atoms with E-state index < -0.39 is 16.6 Å². The van der Waals surface area contributed by atoms with Crippen LogP contribution in [0, 0.1) is 0 Å². The highest BCUT2D eigenvalue weighted by molar-refractivity contribution is 6.99. The van der Waals surface area contributed by atoms with Crippen LogP contribution in [0.15, 0.2) is 65.3 Å². The zero-order chi connectivity index (χ0) is 19.4. The van der Waals surface area contributed by atoms with E-state index in [2.05, 4.69) is 108 Å². The molecule has 0 aliphatic rings. The third kappa shape index (κ3) is 4.81. The van der Waals surface area contributed by atoms with Gasteiger partial charge in [-0.25, -0.2) is 0 Å². The van der Waals surface area contributed by atoms with Crippen molar-refractivity contribution in [1.82, 2.24) is 0 Å². The fraction of sp³-hybridized carbons (Fsp3) is 0.409. The lowest BCUT2D eigenvalue weighted by atomic mass is 10.2. The van der Waals surface area contributed by atoms with Crippen LogP contribution >= 0.6 is 0 Å². The molecule has 0 aliphatic heterocycles.